The van der Waals surface area contributed by atoms with Crippen molar-refractivity contribution < 1.29 is 9.16 Å². The average molecular weight is 523 g/mol. The fourth-order valence-electron chi connectivity index (χ4n) is 5.80. The van der Waals surface area contributed by atoms with Crippen molar-refractivity contribution in [1.82, 2.24) is 0 Å². The summed E-state index contributed by atoms with van der Waals surface area (Å²) >= 11 is 0. The first kappa shape index (κ1) is 27.7. The van der Waals surface area contributed by atoms with E-state index in [0.717, 1.165) is 33.8 Å². The Morgan fingerprint density at radius 1 is 0.605 bits per heavy atom. The van der Waals surface area contributed by atoms with Gasteiger partial charge < -0.3 is 9.16 Å². The molecule has 0 aliphatic rings. The molecule has 4 aromatic carbocycles. The largest absolute Gasteiger partial charge is 0.543 e. The van der Waals surface area contributed by atoms with Crippen molar-refractivity contribution in [2.75, 3.05) is 0 Å². The molecule has 0 spiro atoms. The molecule has 0 saturated heterocycles. The fourth-order valence-corrected chi connectivity index (χ4v) is 11.1. The van der Waals surface area contributed by atoms with Crippen LogP contribution < -0.4 is 9.16 Å². The maximum Gasteiger partial charge on any atom is 0.258 e. The summed E-state index contributed by atoms with van der Waals surface area (Å²) in [4.78, 5) is 0. The predicted octanol–water partition coefficient (Wildman–Crippen LogP) is 10.5. The summed E-state index contributed by atoms with van der Waals surface area (Å²) in [5, 5.41) is 0. The number of hydrogen-bond acceptors (Lipinski definition) is 2. The molecule has 0 aromatic heterocycles. The molecule has 0 radical (unpaired) electrons. The minimum absolute atomic E-state index is 0.525. The minimum Gasteiger partial charge on any atom is -0.543 e. The van der Waals surface area contributed by atoms with E-state index in [-0.39, 0.29) is 0 Å². The van der Waals surface area contributed by atoms with Gasteiger partial charge in [0.1, 0.15) is 18.1 Å². The molecule has 0 amide bonds. The molecular formula is C35H42O2Si. The van der Waals surface area contributed by atoms with Gasteiger partial charge in [-0.25, -0.2) is 0 Å². The first-order valence-corrected chi connectivity index (χ1v) is 16.0. The Balaban J connectivity index is 1.67. The predicted molar refractivity (Wildman–Crippen MR) is 165 cm³/mol. The summed E-state index contributed by atoms with van der Waals surface area (Å²) in [6, 6.07) is 34.2. The fraction of sp³-hybridized carbons (Fsp3) is 0.314. The summed E-state index contributed by atoms with van der Waals surface area (Å²) in [6.45, 7) is 16.6. The van der Waals surface area contributed by atoms with Crippen LogP contribution in [0.2, 0.25) is 16.6 Å². The molecule has 0 atom stereocenters. The van der Waals surface area contributed by atoms with Crippen LogP contribution >= 0.6 is 0 Å². The highest BCUT2D eigenvalue weighted by Crippen LogP contribution is 2.43. The van der Waals surface area contributed by atoms with Crippen molar-refractivity contribution in [1.29, 1.82) is 0 Å². The van der Waals surface area contributed by atoms with Gasteiger partial charge >= 0.3 is 0 Å². The molecule has 0 saturated carbocycles. The van der Waals surface area contributed by atoms with Crippen molar-refractivity contribution >= 4 is 8.32 Å². The molecule has 0 heterocycles. The first-order chi connectivity index (χ1) is 18.2. The molecule has 4 aromatic rings. The van der Waals surface area contributed by atoms with Gasteiger partial charge in [0.2, 0.25) is 0 Å². The Morgan fingerprint density at radius 3 is 1.74 bits per heavy atom. The zero-order valence-electron chi connectivity index (χ0n) is 24.0. The van der Waals surface area contributed by atoms with E-state index in [0.29, 0.717) is 23.2 Å². The molecule has 0 unspecified atom stereocenters. The van der Waals surface area contributed by atoms with E-state index >= 15 is 0 Å². The van der Waals surface area contributed by atoms with E-state index in [1.54, 1.807) is 0 Å². The Hall–Kier alpha value is -3.30. The third kappa shape index (κ3) is 6.05. The Bertz CT molecular complexity index is 1280. The highest BCUT2D eigenvalue weighted by Gasteiger charge is 2.46. The van der Waals surface area contributed by atoms with Crippen LogP contribution in [0, 0.1) is 6.92 Å². The third-order valence-corrected chi connectivity index (χ3v) is 13.8. The SMILES string of the molecule is Cc1ccc(-c2ccc(-c3ccc(O[Si](C(C)C)(C(C)C)C(C)C)cc3)c(OCc3ccccc3)c2)cc1. The van der Waals surface area contributed by atoms with E-state index in [4.69, 9.17) is 9.16 Å². The van der Waals surface area contributed by atoms with Crippen molar-refractivity contribution in [2.45, 2.75) is 71.7 Å². The summed E-state index contributed by atoms with van der Waals surface area (Å²) in [7, 11) is -2.00. The Labute approximate surface area is 230 Å². The molecule has 2 nitrogen and oxygen atoms in total. The van der Waals surface area contributed by atoms with Crippen molar-refractivity contribution in [2.24, 2.45) is 0 Å². The van der Waals surface area contributed by atoms with Crippen LogP contribution in [-0.2, 0) is 6.61 Å². The second-order valence-corrected chi connectivity index (χ2v) is 16.7. The van der Waals surface area contributed by atoms with Gasteiger partial charge in [0.25, 0.3) is 8.32 Å². The van der Waals surface area contributed by atoms with Crippen molar-refractivity contribution in [3.05, 3.63) is 108 Å². The smallest absolute Gasteiger partial charge is 0.258 e. The molecule has 38 heavy (non-hydrogen) atoms. The average Bonchev–Trinajstić information content (AvgIpc) is 2.91. The van der Waals surface area contributed by atoms with Crippen molar-refractivity contribution in [3.63, 3.8) is 0 Å². The van der Waals surface area contributed by atoms with Gasteiger partial charge in [0.15, 0.2) is 0 Å². The molecular weight excluding hydrogens is 480 g/mol. The molecule has 0 bridgehead atoms. The van der Waals surface area contributed by atoms with E-state index in [1.807, 2.05) is 6.07 Å². The molecule has 0 fully saturated rings. The topological polar surface area (TPSA) is 18.5 Å². The Morgan fingerprint density at radius 2 is 1.16 bits per heavy atom. The van der Waals surface area contributed by atoms with Crippen LogP contribution in [0.4, 0.5) is 0 Å². The van der Waals surface area contributed by atoms with Gasteiger partial charge in [-0.05, 0) is 64.0 Å². The highest BCUT2D eigenvalue weighted by molar-refractivity contribution is 6.78. The summed E-state index contributed by atoms with van der Waals surface area (Å²) < 4.78 is 13.4. The van der Waals surface area contributed by atoms with E-state index < -0.39 is 8.32 Å². The molecule has 0 aliphatic heterocycles. The monoisotopic (exact) mass is 522 g/mol. The maximum absolute atomic E-state index is 6.91. The van der Waals surface area contributed by atoms with Crippen LogP contribution in [0.25, 0.3) is 22.3 Å². The molecule has 0 aliphatic carbocycles. The third-order valence-electron chi connectivity index (χ3n) is 7.77. The zero-order valence-corrected chi connectivity index (χ0v) is 25.0. The Kier molecular flexibility index (Phi) is 8.79. The van der Waals surface area contributed by atoms with Crippen LogP contribution in [0.1, 0.15) is 52.7 Å². The summed E-state index contributed by atoms with van der Waals surface area (Å²) in [5.74, 6) is 1.86. The lowest BCUT2D eigenvalue weighted by atomic mass is 9.98. The number of rotatable bonds is 10. The first-order valence-electron chi connectivity index (χ1n) is 13.9. The zero-order chi connectivity index (χ0) is 27.3. The summed E-state index contributed by atoms with van der Waals surface area (Å²) in [6.07, 6.45) is 0. The van der Waals surface area contributed by atoms with Gasteiger partial charge in [-0.3, -0.25) is 0 Å². The summed E-state index contributed by atoms with van der Waals surface area (Å²) in [5.41, 5.74) is 8.57. The van der Waals surface area contributed by atoms with E-state index in [9.17, 15) is 0 Å². The second kappa shape index (κ2) is 12.0. The van der Waals surface area contributed by atoms with Crippen LogP contribution in [0.5, 0.6) is 11.5 Å². The van der Waals surface area contributed by atoms with Gasteiger partial charge in [0.05, 0.1) is 0 Å². The highest BCUT2D eigenvalue weighted by atomic mass is 28.4. The van der Waals surface area contributed by atoms with Crippen molar-refractivity contribution in [3.8, 4) is 33.8 Å². The van der Waals surface area contributed by atoms with E-state index in [2.05, 4.69) is 139 Å². The van der Waals surface area contributed by atoms with Gasteiger partial charge in [-0.2, -0.15) is 0 Å². The van der Waals surface area contributed by atoms with E-state index in [1.165, 1.54) is 11.1 Å². The molecule has 4 rings (SSSR count). The lowest BCUT2D eigenvalue weighted by Crippen LogP contribution is -2.50. The number of hydrogen-bond donors (Lipinski definition) is 0. The number of benzene rings is 4. The standard InChI is InChI=1S/C35H42O2Si/c1-25(2)38(26(3)4,27(5)6)37-33-20-17-31(18-21-33)34-22-19-32(30-15-13-28(7)14-16-30)23-35(34)36-24-29-11-9-8-10-12-29/h8-23,25-27H,24H2,1-7H3. The lowest BCUT2D eigenvalue weighted by Gasteiger charge is -2.42. The van der Waals surface area contributed by atoms with Gasteiger partial charge in [-0.15, -0.1) is 0 Å². The molecule has 0 N–H and O–H groups in total. The van der Waals surface area contributed by atoms with Crippen LogP contribution in [0.15, 0.2) is 97.1 Å². The lowest BCUT2D eigenvalue weighted by molar-refractivity contribution is 0.307. The second-order valence-electron chi connectivity index (χ2n) is 11.3. The molecule has 198 valence electrons. The van der Waals surface area contributed by atoms with Gasteiger partial charge in [0, 0.05) is 5.56 Å². The van der Waals surface area contributed by atoms with Gasteiger partial charge in [-0.1, -0.05) is 126 Å². The minimum atomic E-state index is -2.00. The maximum atomic E-state index is 6.91. The number of aryl methyl sites for hydroxylation is 1. The quantitative estimate of drug-likeness (QED) is 0.193. The van der Waals surface area contributed by atoms with Crippen LogP contribution in [0.3, 0.4) is 0 Å². The van der Waals surface area contributed by atoms with Crippen LogP contribution in [-0.4, -0.2) is 8.32 Å². The molecule has 3 heteroatoms. The number of ether oxygens (including phenoxy) is 1. The normalized spacial score (nSPS) is 11.8.